The molecule has 1 aliphatic carbocycles. The van der Waals surface area contributed by atoms with E-state index in [2.05, 4.69) is 34.5 Å². The highest BCUT2D eigenvalue weighted by Crippen LogP contribution is 2.28. The predicted octanol–water partition coefficient (Wildman–Crippen LogP) is 3.37. The quantitative estimate of drug-likeness (QED) is 0.497. The standard InChI is InChI=1S/C18H27N3O/c1-3-7-17(8-4-1)20-18(21-12-5-2-6-13-21)19-11-14-22-15-16-9-10-16/h1,3-4,7-8,16H,2,5-6,9-15H2,(H,19,20). The molecule has 4 heteroatoms. The maximum Gasteiger partial charge on any atom is 0.198 e. The molecule has 0 spiro atoms. The summed E-state index contributed by atoms with van der Waals surface area (Å²) in [7, 11) is 0. The number of rotatable bonds is 6. The van der Waals surface area contributed by atoms with Gasteiger partial charge in [0, 0.05) is 25.4 Å². The summed E-state index contributed by atoms with van der Waals surface area (Å²) < 4.78 is 5.69. The number of piperidine rings is 1. The van der Waals surface area contributed by atoms with Crippen molar-refractivity contribution in [2.45, 2.75) is 32.1 Å². The van der Waals surface area contributed by atoms with Crippen LogP contribution in [-0.2, 0) is 4.74 Å². The molecule has 120 valence electrons. The van der Waals surface area contributed by atoms with Crippen molar-refractivity contribution < 1.29 is 4.74 Å². The van der Waals surface area contributed by atoms with Gasteiger partial charge in [-0.3, -0.25) is 4.99 Å². The molecule has 1 saturated carbocycles. The predicted molar refractivity (Wildman–Crippen MR) is 91.3 cm³/mol. The van der Waals surface area contributed by atoms with Gasteiger partial charge >= 0.3 is 0 Å². The van der Waals surface area contributed by atoms with Crippen molar-refractivity contribution in [1.82, 2.24) is 4.90 Å². The van der Waals surface area contributed by atoms with Crippen LogP contribution >= 0.6 is 0 Å². The van der Waals surface area contributed by atoms with Gasteiger partial charge in [0.15, 0.2) is 5.96 Å². The van der Waals surface area contributed by atoms with Gasteiger partial charge in [-0.05, 0) is 50.2 Å². The number of benzene rings is 1. The van der Waals surface area contributed by atoms with Gasteiger partial charge in [-0.15, -0.1) is 0 Å². The minimum atomic E-state index is 0.726. The summed E-state index contributed by atoms with van der Waals surface area (Å²) in [5.41, 5.74) is 1.10. The second-order valence-corrected chi connectivity index (χ2v) is 6.26. The Hall–Kier alpha value is -1.55. The van der Waals surface area contributed by atoms with Crippen molar-refractivity contribution in [2.24, 2.45) is 10.9 Å². The first-order valence-electron chi connectivity index (χ1n) is 8.61. The van der Waals surface area contributed by atoms with Gasteiger partial charge < -0.3 is 15.0 Å². The van der Waals surface area contributed by atoms with E-state index in [0.29, 0.717) is 0 Å². The number of nitrogens with one attached hydrogen (secondary N) is 1. The Balaban J connectivity index is 1.54. The fraction of sp³-hybridized carbons (Fsp3) is 0.611. The Morgan fingerprint density at radius 3 is 2.64 bits per heavy atom. The second-order valence-electron chi connectivity index (χ2n) is 6.26. The van der Waals surface area contributed by atoms with Crippen LogP contribution in [0.25, 0.3) is 0 Å². The van der Waals surface area contributed by atoms with Crippen molar-refractivity contribution in [1.29, 1.82) is 0 Å². The summed E-state index contributed by atoms with van der Waals surface area (Å²) in [5, 5.41) is 3.48. The van der Waals surface area contributed by atoms with Gasteiger partial charge in [0.05, 0.1) is 13.2 Å². The Bertz CT molecular complexity index is 464. The highest BCUT2D eigenvalue weighted by Gasteiger charge is 2.21. The maximum absolute atomic E-state index is 5.69. The van der Waals surface area contributed by atoms with Crippen molar-refractivity contribution in [2.75, 3.05) is 38.2 Å². The average Bonchev–Trinajstić information content (AvgIpc) is 3.39. The lowest BCUT2D eigenvalue weighted by molar-refractivity contribution is 0.131. The summed E-state index contributed by atoms with van der Waals surface area (Å²) in [6, 6.07) is 10.3. The fourth-order valence-corrected chi connectivity index (χ4v) is 2.73. The smallest absolute Gasteiger partial charge is 0.198 e. The van der Waals surface area contributed by atoms with Gasteiger partial charge in [0.2, 0.25) is 0 Å². The maximum atomic E-state index is 5.69. The van der Waals surface area contributed by atoms with E-state index in [1.807, 2.05) is 6.07 Å². The van der Waals surface area contributed by atoms with Crippen LogP contribution in [0.15, 0.2) is 35.3 Å². The average molecular weight is 301 g/mol. The summed E-state index contributed by atoms with van der Waals surface area (Å²) in [5.74, 6) is 1.83. The molecule has 0 unspecified atom stereocenters. The van der Waals surface area contributed by atoms with E-state index in [0.717, 1.165) is 50.4 Å². The Morgan fingerprint density at radius 1 is 1.14 bits per heavy atom. The lowest BCUT2D eigenvalue weighted by Crippen LogP contribution is -2.40. The zero-order valence-corrected chi connectivity index (χ0v) is 13.3. The molecular formula is C18H27N3O. The molecule has 1 N–H and O–H groups in total. The molecule has 1 aliphatic heterocycles. The molecule has 0 radical (unpaired) electrons. The molecule has 1 saturated heterocycles. The number of guanidine groups is 1. The van der Waals surface area contributed by atoms with Crippen molar-refractivity contribution in [3.8, 4) is 0 Å². The molecular weight excluding hydrogens is 274 g/mol. The molecule has 4 nitrogen and oxygen atoms in total. The van der Waals surface area contributed by atoms with E-state index >= 15 is 0 Å². The van der Waals surface area contributed by atoms with Crippen LogP contribution in [-0.4, -0.2) is 43.7 Å². The normalized spacial score (nSPS) is 19.3. The lowest BCUT2D eigenvalue weighted by Gasteiger charge is -2.30. The van der Waals surface area contributed by atoms with E-state index in [1.54, 1.807) is 0 Å². The summed E-state index contributed by atoms with van der Waals surface area (Å²) >= 11 is 0. The van der Waals surface area contributed by atoms with Crippen LogP contribution in [0.3, 0.4) is 0 Å². The van der Waals surface area contributed by atoms with E-state index in [-0.39, 0.29) is 0 Å². The van der Waals surface area contributed by atoms with E-state index < -0.39 is 0 Å². The third kappa shape index (κ3) is 5.02. The largest absolute Gasteiger partial charge is 0.379 e. The highest BCUT2D eigenvalue weighted by atomic mass is 16.5. The zero-order chi connectivity index (χ0) is 15.0. The minimum Gasteiger partial charge on any atom is -0.379 e. The van der Waals surface area contributed by atoms with Crippen LogP contribution in [0, 0.1) is 5.92 Å². The third-order valence-electron chi connectivity index (χ3n) is 4.23. The monoisotopic (exact) mass is 301 g/mol. The van der Waals surface area contributed by atoms with Crippen LogP contribution in [0.5, 0.6) is 0 Å². The first-order chi connectivity index (χ1) is 10.9. The Labute approximate surface area is 133 Å². The molecule has 1 heterocycles. The Kier molecular flexibility index (Phi) is 5.71. The molecule has 0 aromatic heterocycles. The van der Waals surface area contributed by atoms with Crippen LogP contribution in [0.4, 0.5) is 5.69 Å². The number of ether oxygens (including phenoxy) is 1. The van der Waals surface area contributed by atoms with E-state index in [1.165, 1.54) is 32.1 Å². The number of hydrogen-bond acceptors (Lipinski definition) is 2. The number of nitrogens with zero attached hydrogens (tertiary/aromatic N) is 2. The van der Waals surface area contributed by atoms with Gasteiger partial charge in [-0.25, -0.2) is 0 Å². The molecule has 3 rings (SSSR count). The molecule has 2 aliphatic rings. The van der Waals surface area contributed by atoms with Crippen LogP contribution < -0.4 is 5.32 Å². The fourth-order valence-electron chi connectivity index (χ4n) is 2.73. The van der Waals surface area contributed by atoms with Crippen LogP contribution in [0.2, 0.25) is 0 Å². The first kappa shape index (κ1) is 15.3. The summed E-state index contributed by atoms with van der Waals surface area (Å²) in [6.45, 7) is 4.58. The third-order valence-corrected chi connectivity index (χ3v) is 4.23. The highest BCUT2D eigenvalue weighted by molar-refractivity contribution is 5.93. The van der Waals surface area contributed by atoms with Crippen LogP contribution in [0.1, 0.15) is 32.1 Å². The molecule has 0 amide bonds. The number of para-hydroxylation sites is 1. The van der Waals surface area contributed by atoms with Crippen molar-refractivity contribution >= 4 is 11.6 Å². The number of anilines is 1. The SMILES string of the molecule is c1ccc(NC(=NCCOCC2CC2)N2CCCCC2)cc1. The van der Waals surface area contributed by atoms with Gasteiger partial charge in [0.1, 0.15) is 0 Å². The first-order valence-corrected chi connectivity index (χ1v) is 8.61. The van der Waals surface area contributed by atoms with Crippen molar-refractivity contribution in [3.05, 3.63) is 30.3 Å². The number of likely N-dealkylation sites (tertiary alicyclic amines) is 1. The van der Waals surface area contributed by atoms with Gasteiger partial charge in [-0.2, -0.15) is 0 Å². The minimum absolute atomic E-state index is 0.726. The molecule has 1 aromatic rings. The molecule has 22 heavy (non-hydrogen) atoms. The van der Waals surface area contributed by atoms with Gasteiger partial charge in [0.25, 0.3) is 0 Å². The lowest BCUT2D eigenvalue weighted by atomic mass is 10.1. The zero-order valence-electron chi connectivity index (χ0n) is 13.3. The van der Waals surface area contributed by atoms with E-state index in [9.17, 15) is 0 Å². The Morgan fingerprint density at radius 2 is 1.91 bits per heavy atom. The van der Waals surface area contributed by atoms with Gasteiger partial charge in [-0.1, -0.05) is 18.2 Å². The summed E-state index contributed by atoms with van der Waals surface area (Å²) in [6.07, 6.45) is 6.54. The summed E-state index contributed by atoms with van der Waals surface area (Å²) in [4.78, 5) is 7.14. The molecule has 2 fully saturated rings. The molecule has 1 aromatic carbocycles. The number of hydrogen-bond donors (Lipinski definition) is 1. The molecule has 0 bridgehead atoms. The number of aliphatic imine (C=N–C) groups is 1. The topological polar surface area (TPSA) is 36.9 Å². The van der Waals surface area contributed by atoms with E-state index in [4.69, 9.17) is 9.73 Å². The van der Waals surface area contributed by atoms with Crippen molar-refractivity contribution in [3.63, 3.8) is 0 Å². The second kappa shape index (κ2) is 8.18. The molecule has 0 atom stereocenters.